The molecule has 0 aliphatic heterocycles. The summed E-state index contributed by atoms with van der Waals surface area (Å²) in [5.74, 6) is 0.123. The monoisotopic (exact) mass is 330 g/mol. The van der Waals surface area contributed by atoms with Crippen molar-refractivity contribution in [1.29, 1.82) is 0 Å². The Balaban J connectivity index is 1.72. The maximum absolute atomic E-state index is 13.5. The Hall–Kier alpha value is -3.61. The Bertz CT molecular complexity index is 1210. The Morgan fingerprint density at radius 1 is 0.920 bits per heavy atom. The number of hydrogen-bond donors (Lipinski definition) is 0. The number of aromatic nitrogens is 6. The lowest BCUT2D eigenvalue weighted by atomic mass is 10.2. The van der Waals surface area contributed by atoms with E-state index in [2.05, 4.69) is 20.2 Å². The third kappa shape index (κ3) is 2.17. The van der Waals surface area contributed by atoms with Gasteiger partial charge in [-0.2, -0.15) is 5.10 Å². The molecule has 0 fully saturated rings. The van der Waals surface area contributed by atoms with Crippen LogP contribution in [0.1, 0.15) is 0 Å². The Morgan fingerprint density at radius 3 is 2.64 bits per heavy atom. The lowest BCUT2D eigenvalue weighted by Crippen LogP contribution is -1.98. The molecule has 0 unspecified atom stereocenters. The fraction of sp³-hybridized carbons (Fsp3) is 0. The van der Waals surface area contributed by atoms with E-state index in [4.69, 9.17) is 0 Å². The molecule has 0 saturated heterocycles. The largest absolute Gasteiger partial charge is 0.216 e. The van der Waals surface area contributed by atoms with Crippen LogP contribution >= 0.6 is 0 Å². The second-order valence-electron chi connectivity index (χ2n) is 5.59. The predicted octanol–water partition coefficient (Wildman–Crippen LogP) is 3.27. The summed E-state index contributed by atoms with van der Waals surface area (Å²) < 4.78 is 16.8. The van der Waals surface area contributed by atoms with Crippen LogP contribution in [0.2, 0.25) is 0 Å². The van der Waals surface area contributed by atoms with E-state index in [1.807, 2.05) is 30.3 Å². The first-order valence-electron chi connectivity index (χ1n) is 7.70. The second kappa shape index (κ2) is 5.20. The Morgan fingerprint density at radius 2 is 1.80 bits per heavy atom. The zero-order valence-electron chi connectivity index (χ0n) is 12.9. The van der Waals surface area contributed by atoms with Crippen LogP contribution in [-0.4, -0.2) is 29.4 Å². The van der Waals surface area contributed by atoms with Gasteiger partial charge in [-0.1, -0.05) is 30.3 Å². The van der Waals surface area contributed by atoms with E-state index in [0.29, 0.717) is 22.7 Å². The highest BCUT2D eigenvalue weighted by molar-refractivity contribution is 5.89. The summed E-state index contributed by atoms with van der Waals surface area (Å²) in [6, 6.07) is 16.0. The molecule has 6 nitrogen and oxygen atoms in total. The van der Waals surface area contributed by atoms with Crippen molar-refractivity contribution in [3.63, 3.8) is 0 Å². The molecule has 0 bridgehead atoms. The second-order valence-corrected chi connectivity index (χ2v) is 5.59. The van der Waals surface area contributed by atoms with Gasteiger partial charge in [0.2, 0.25) is 0 Å². The molecule has 120 valence electrons. The average molecular weight is 330 g/mol. The van der Waals surface area contributed by atoms with Crippen molar-refractivity contribution in [2.24, 2.45) is 0 Å². The van der Waals surface area contributed by atoms with Crippen LogP contribution in [-0.2, 0) is 0 Å². The van der Waals surface area contributed by atoms with E-state index in [1.54, 1.807) is 33.9 Å². The molecule has 0 aliphatic carbocycles. The summed E-state index contributed by atoms with van der Waals surface area (Å²) in [7, 11) is 0. The van der Waals surface area contributed by atoms with Gasteiger partial charge in [-0.15, -0.1) is 5.10 Å². The number of fused-ring (bicyclic) bond motifs is 3. The number of benzene rings is 2. The van der Waals surface area contributed by atoms with Crippen molar-refractivity contribution in [3.05, 3.63) is 72.9 Å². The van der Waals surface area contributed by atoms with Gasteiger partial charge in [0, 0.05) is 5.56 Å². The first kappa shape index (κ1) is 13.8. The van der Waals surface area contributed by atoms with Gasteiger partial charge < -0.3 is 0 Å². The highest BCUT2D eigenvalue weighted by atomic mass is 19.1. The molecule has 2 aromatic carbocycles. The van der Waals surface area contributed by atoms with Gasteiger partial charge in [0.15, 0.2) is 17.1 Å². The van der Waals surface area contributed by atoms with E-state index < -0.39 is 0 Å². The Labute approximate surface area is 141 Å². The van der Waals surface area contributed by atoms with Crippen LogP contribution in [0.25, 0.3) is 33.8 Å². The highest BCUT2D eigenvalue weighted by Gasteiger charge is 2.14. The molecule has 0 saturated carbocycles. The zero-order valence-corrected chi connectivity index (χ0v) is 12.9. The SMILES string of the molecule is Fc1cccc(-c2nc3c4cnn(-c5ccccc5)c4ncn3n2)c1. The van der Waals surface area contributed by atoms with Crippen LogP contribution in [0.5, 0.6) is 0 Å². The van der Waals surface area contributed by atoms with E-state index in [-0.39, 0.29) is 5.82 Å². The number of halogens is 1. The number of para-hydroxylation sites is 1. The molecule has 0 radical (unpaired) electrons. The first-order chi connectivity index (χ1) is 12.3. The van der Waals surface area contributed by atoms with Gasteiger partial charge in [-0.05, 0) is 24.3 Å². The van der Waals surface area contributed by atoms with Gasteiger partial charge in [0.05, 0.1) is 17.3 Å². The van der Waals surface area contributed by atoms with Crippen LogP contribution in [0, 0.1) is 5.82 Å². The number of hydrogen-bond acceptors (Lipinski definition) is 4. The Kier molecular flexibility index (Phi) is 2.87. The van der Waals surface area contributed by atoms with Gasteiger partial charge in [0.25, 0.3) is 0 Å². The molecule has 0 amide bonds. The standard InChI is InChI=1S/C18H11FN6/c19-13-6-4-5-12(9-13)16-22-18-15-10-21-25(14-7-2-1-3-8-14)17(15)20-11-24(18)23-16/h1-11H. The zero-order chi connectivity index (χ0) is 16.8. The molecule has 25 heavy (non-hydrogen) atoms. The van der Waals surface area contributed by atoms with Gasteiger partial charge in [-0.3, -0.25) is 0 Å². The summed E-state index contributed by atoms with van der Waals surface area (Å²) in [6.45, 7) is 0. The van der Waals surface area contributed by atoms with Crippen molar-refractivity contribution < 1.29 is 4.39 Å². The van der Waals surface area contributed by atoms with E-state index >= 15 is 0 Å². The quantitative estimate of drug-likeness (QED) is 0.498. The van der Waals surface area contributed by atoms with E-state index in [0.717, 1.165) is 11.1 Å². The first-order valence-corrected chi connectivity index (χ1v) is 7.70. The molecule has 5 rings (SSSR count). The van der Waals surface area contributed by atoms with E-state index in [9.17, 15) is 4.39 Å². The fourth-order valence-electron chi connectivity index (χ4n) is 2.83. The number of nitrogens with zero attached hydrogens (tertiary/aromatic N) is 6. The molecule has 0 atom stereocenters. The molecule has 5 aromatic rings. The van der Waals surface area contributed by atoms with Gasteiger partial charge >= 0.3 is 0 Å². The van der Waals surface area contributed by atoms with Crippen molar-refractivity contribution in [2.45, 2.75) is 0 Å². The minimum atomic E-state index is -0.323. The molecule has 7 heteroatoms. The minimum absolute atomic E-state index is 0.323. The van der Waals surface area contributed by atoms with Gasteiger partial charge in [0.1, 0.15) is 12.1 Å². The fourth-order valence-corrected chi connectivity index (χ4v) is 2.83. The van der Waals surface area contributed by atoms with Crippen molar-refractivity contribution in [3.8, 4) is 17.1 Å². The lowest BCUT2D eigenvalue weighted by molar-refractivity contribution is 0.628. The van der Waals surface area contributed by atoms with Crippen LogP contribution < -0.4 is 0 Å². The molecular weight excluding hydrogens is 319 g/mol. The van der Waals surface area contributed by atoms with Crippen molar-refractivity contribution in [1.82, 2.24) is 29.4 Å². The summed E-state index contributed by atoms with van der Waals surface area (Å²) >= 11 is 0. The average Bonchev–Trinajstić information content (AvgIpc) is 3.26. The predicted molar refractivity (Wildman–Crippen MR) is 90.8 cm³/mol. The lowest BCUT2D eigenvalue weighted by Gasteiger charge is -2.01. The summed E-state index contributed by atoms with van der Waals surface area (Å²) in [4.78, 5) is 9.01. The summed E-state index contributed by atoms with van der Waals surface area (Å²) in [5, 5.41) is 9.60. The molecule has 3 heterocycles. The van der Waals surface area contributed by atoms with Crippen LogP contribution in [0.3, 0.4) is 0 Å². The van der Waals surface area contributed by atoms with Crippen molar-refractivity contribution in [2.75, 3.05) is 0 Å². The van der Waals surface area contributed by atoms with Crippen LogP contribution in [0.15, 0.2) is 67.1 Å². The normalized spacial score (nSPS) is 11.4. The topological polar surface area (TPSA) is 60.9 Å². The molecule has 3 aromatic heterocycles. The highest BCUT2D eigenvalue weighted by Crippen LogP contribution is 2.22. The van der Waals surface area contributed by atoms with E-state index in [1.165, 1.54) is 12.1 Å². The molecule has 0 spiro atoms. The summed E-state index contributed by atoms with van der Waals surface area (Å²) in [6.07, 6.45) is 3.31. The van der Waals surface area contributed by atoms with Gasteiger partial charge in [-0.25, -0.2) is 23.6 Å². The molecule has 0 N–H and O–H groups in total. The third-order valence-electron chi connectivity index (χ3n) is 3.99. The van der Waals surface area contributed by atoms with Crippen LogP contribution in [0.4, 0.5) is 4.39 Å². The maximum Gasteiger partial charge on any atom is 0.182 e. The summed E-state index contributed by atoms with van der Waals surface area (Å²) in [5.41, 5.74) is 2.86. The maximum atomic E-state index is 13.5. The molecule has 0 aliphatic rings. The number of rotatable bonds is 2. The third-order valence-corrected chi connectivity index (χ3v) is 3.99. The molecular formula is C18H11FN6. The minimum Gasteiger partial charge on any atom is -0.216 e. The van der Waals surface area contributed by atoms with Crippen molar-refractivity contribution >= 4 is 16.7 Å². The smallest absolute Gasteiger partial charge is 0.182 e.